The van der Waals surface area contributed by atoms with Crippen molar-refractivity contribution >= 4 is 6.29 Å². The number of hydrogen-bond donors (Lipinski definition) is 0. The molecule has 1 saturated heterocycles. The summed E-state index contributed by atoms with van der Waals surface area (Å²) in [6.45, 7) is 8.44. The zero-order valence-corrected chi connectivity index (χ0v) is 10.5. The summed E-state index contributed by atoms with van der Waals surface area (Å²) in [7, 11) is 0. The van der Waals surface area contributed by atoms with Crippen LogP contribution < -0.4 is 0 Å². The van der Waals surface area contributed by atoms with Gasteiger partial charge in [-0.1, -0.05) is 33.6 Å². The molecule has 1 aliphatic heterocycles. The van der Waals surface area contributed by atoms with E-state index in [4.69, 9.17) is 0 Å². The average Bonchev–Trinajstić information content (AvgIpc) is 2.21. The van der Waals surface area contributed by atoms with Crippen molar-refractivity contribution in [1.82, 2.24) is 4.90 Å². The molecule has 0 amide bonds. The standard InChI is InChI=1S/C13H25NO/c1-4-7-12-8-5-6-9-14(12)10-13(2,3)11-15/h11-12H,4-10H2,1-3H3. The molecule has 0 bridgehead atoms. The summed E-state index contributed by atoms with van der Waals surface area (Å²) in [5.41, 5.74) is -0.177. The third-order valence-electron chi connectivity index (χ3n) is 3.30. The van der Waals surface area contributed by atoms with E-state index in [1.54, 1.807) is 0 Å². The van der Waals surface area contributed by atoms with Crippen LogP contribution in [0.25, 0.3) is 0 Å². The second kappa shape index (κ2) is 5.64. The molecule has 1 unspecified atom stereocenters. The number of likely N-dealkylation sites (tertiary alicyclic amines) is 1. The van der Waals surface area contributed by atoms with E-state index in [0.29, 0.717) is 0 Å². The van der Waals surface area contributed by atoms with Crippen molar-refractivity contribution in [1.29, 1.82) is 0 Å². The first kappa shape index (κ1) is 12.7. The fourth-order valence-electron chi connectivity index (χ4n) is 2.49. The van der Waals surface area contributed by atoms with Gasteiger partial charge in [0.1, 0.15) is 6.29 Å². The highest BCUT2D eigenvalue weighted by Gasteiger charge is 2.27. The van der Waals surface area contributed by atoms with E-state index >= 15 is 0 Å². The molecule has 0 saturated carbocycles. The molecule has 0 aromatic heterocycles. The Balaban J connectivity index is 2.52. The van der Waals surface area contributed by atoms with Gasteiger partial charge in [-0.2, -0.15) is 0 Å². The summed E-state index contributed by atoms with van der Waals surface area (Å²) in [5.74, 6) is 0. The minimum Gasteiger partial charge on any atom is -0.303 e. The van der Waals surface area contributed by atoms with Crippen LogP contribution in [0.3, 0.4) is 0 Å². The monoisotopic (exact) mass is 211 g/mol. The van der Waals surface area contributed by atoms with E-state index < -0.39 is 0 Å². The Bertz CT molecular complexity index is 199. The van der Waals surface area contributed by atoms with Crippen molar-refractivity contribution in [2.45, 2.75) is 58.9 Å². The number of rotatable bonds is 5. The molecule has 1 fully saturated rings. The van der Waals surface area contributed by atoms with E-state index in [2.05, 4.69) is 11.8 Å². The van der Waals surface area contributed by atoms with E-state index in [1.807, 2.05) is 13.8 Å². The Hall–Kier alpha value is -0.370. The van der Waals surface area contributed by atoms with Gasteiger partial charge in [0.2, 0.25) is 0 Å². The molecule has 0 N–H and O–H groups in total. The normalized spacial score (nSPS) is 24.1. The van der Waals surface area contributed by atoms with Gasteiger partial charge in [0.25, 0.3) is 0 Å². The van der Waals surface area contributed by atoms with Gasteiger partial charge >= 0.3 is 0 Å². The fourth-order valence-corrected chi connectivity index (χ4v) is 2.49. The molecule has 0 radical (unpaired) electrons. The van der Waals surface area contributed by atoms with Crippen LogP contribution in [0.4, 0.5) is 0 Å². The minimum absolute atomic E-state index is 0.177. The van der Waals surface area contributed by atoms with E-state index in [0.717, 1.165) is 18.9 Å². The lowest BCUT2D eigenvalue weighted by Crippen LogP contribution is -2.45. The predicted molar refractivity (Wildman–Crippen MR) is 64.0 cm³/mol. The molecule has 0 spiro atoms. The van der Waals surface area contributed by atoms with Gasteiger partial charge < -0.3 is 4.79 Å². The van der Waals surface area contributed by atoms with Crippen LogP contribution in [0.2, 0.25) is 0 Å². The van der Waals surface area contributed by atoms with Crippen molar-refractivity contribution < 1.29 is 4.79 Å². The van der Waals surface area contributed by atoms with Crippen molar-refractivity contribution in [3.05, 3.63) is 0 Å². The molecule has 1 heterocycles. The summed E-state index contributed by atoms with van der Waals surface area (Å²) in [5, 5.41) is 0. The lowest BCUT2D eigenvalue weighted by molar-refractivity contribution is -0.116. The van der Waals surface area contributed by atoms with Crippen LogP contribution in [0, 0.1) is 5.41 Å². The molecule has 0 aromatic carbocycles. The number of hydrogen-bond acceptors (Lipinski definition) is 2. The maximum atomic E-state index is 10.9. The largest absolute Gasteiger partial charge is 0.303 e. The molecule has 0 aromatic rings. The van der Waals surface area contributed by atoms with Gasteiger partial charge in [0.05, 0.1) is 0 Å². The second-order valence-corrected chi connectivity index (χ2v) is 5.52. The summed E-state index contributed by atoms with van der Waals surface area (Å²) >= 11 is 0. The Morgan fingerprint density at radius 2 is 2.13 bits per heavy atom. The van der Waals surface area contributed by atoms with Crippen LogP contribution >= 0.6 is 0 Å². The lowest BCUT2D eigenvalue weighted by atomic mass is 9.91. The molecule has 2 nitrogen and oxygen atoms in total. The van der Waals surface area contributed by atoms with Crippen molar-refractivity contribution in [2.75, 3.05) is 13.1 Å². The van der Waals surface area contributed by atoms with Gasteiger partial charge in [-0.15, -0.1) is 0 Å². The number of piperidine rings is 1. The Labute approximate surface area is 94.0 Å². The van der Waals surface area contributed by atoms with Gasteiger partial charge in [0, 0.05) is 18.0 Å². The molecule has 15 heavy (non-hydrogen) atoms. The summed E-state index contributed by atoms with van der Waals surface area (Å²) in [4.78, 5) is 13.5. The van der Waals surface area contributed by atoms with Gasteiger partial charge in [0.15, 0.2) is 0 Å². The first-order valence-corrected chi connectivity index (χ1v) is 6.29. The molecular formula is C13H25NO. The number of carbonyl (C=O) groups excluding carboxylic acids is 1. The molecule has 2 heteroatoms. The van der Waals surface area contributed by atoms with Crippen molar-refractivity contribution in [2.24, 2.45) is 5.41 Å². The van der Waals surface area contributed by atoms with E-state index in [9.17, 15) is 4.79 Å². The number of nitrogens with zero attached hydrogens (tertiary/aromatic N) is 1. The highest BCUT2D eigenvalue weighted by Crippen LogP contribution is 2.24. The molecule has 0 aliphatic carbocycles. The lowest BCUT2D eigenvalue weighted by Gasteiger charge is -2.39. The van der Waals surface area contributed by atoms with Crippen LogP contribution in [-0.2, 0) is 4.79 Å². The highest BCUT2D eigenvalue weighted by molar-refractivity contribution is 5.58. The Morgan fingerprint density at radius 1 is 1.40 bits per heavy atom. The van der Waals surface area contributed by atoms with E-state index in [-0.39, 0.29) is 5.41 Å². The second-order valence-electron chi connectivity index (χ2n) is 5.52. The zero-order valence-electron chi connectivity index (χ0n) is 10.5. The molecular weight excluding hydrogens is 186 g/mol. The van der Waals surface area contributed by atoms with Gasteiger partial charge in [-0.25, -0.2) is 0 Å². The van der Waals surface area contributed by atoms with Crippen LogP contribution in [0.1, 0.15) is 52.9 Å². The van der Waals surface area contributed by atoms with Gasteiger partial charge in [-0.3, -0.25) is 4.90 Å². The summed E-state index contributed by atoms with van der Waals surface area (Å²) in [6, 6.07) is 0.725. The summed E-state index contributed by atoms with van der Waals surface area (Å²) < 4.78 is 0. The Kier molecular flexibility index (Phi) is 4.78. The van der Waals surface area contributed by atoms with Crippen molar-refractivity contribution in [3.63, 3.8) is 0 Å². The van der Waals surface area contributed by atoms with Crippen LogP contribution in [0.15, 0.2) is 0 Å². The average molecular weight is 211 g/mol. The summed E-state index contributed by atoms with van der Waals surface area (Å²) in [6.07, 6.45) is 7.63. The topological polar surface area (TPSA) is 20.3 Å². The number of carbonyl (C=O) groups is 1. The third-order valence-corrected chi connectivity index (χ3v) is 3.30. The smallest absolute Gasteiger partial charge is 0.126 e. The quantitative estimate of drug-likeness (QED) is 0.652. The van der Waals surface area contributed by atoms with Gasteiger partial charge in [-0.05, 0) is 25.8 Å². The third kappa shape index (κ3) is 3.94. The maximum absolute atomic E-state index is 10.9. The molecule has 88 valence electrons. The first-order valence-electron chi connectivity index (χ1n) is 6.29. The van der Waals surface area contributed by atoms with Crippen LogP contribution in [-0.4, -0.2) is 30.3 Å². The zero-order chi connectivity index (χ0) is 11.3. The highest BCUT2D eigenvalue weighted by atomic mass is 16.1. The van der Waals surface area contributed by atoms with Crippen molar-refractivity contribution in [3.8, 4) is 0 Å². The van der Waals surface area contributed by atoms with Crippen LogP contribution in [0.5, 0.6) is 0 Å². The molecule has 1 atom stereocenters. The predicted octanol–water partition coefficient (Wildman–Crippen LogP) is 2.87. The SMILES string of the molecule is CCCC1CCCCN1CC(C)(C)C=O. The fraction of sp³-hybridized carbons (Fsp3) is 0.923. The molecule has 1 aliphatic rings. The maximum Gasteiger partial charge on any atom is 0.126 e. The number of aldehydes is 1. The molecule has 1 rings (SSSR count). The Morgan fingerprint density at radius 3 is 2.73 bits per heavy atom. The first-order chi connectivity index (χ1) is 7.09. The minimum atomic E-state index is -0.177. The van der Waals surface area contributed by atoms with E-state index in [1.165, 1.54) is 38.6 Å².